The SMILES string of the molecule is COc1ccc(OC)c2c1CN(C(=O)OCC1c3ccccc3-c3ccccc31)CC2O. The molecule has 0 saturated heterocycles. The van der Waals surface area contributed by atoms with Crippen LogP contribution in [0.1, 0.15) is 34.3 Å². The Morgan fingerprint density at radius 1 is 0.938 bits per heavy atom. The molecule has 0 radical (unpaired) electrons. The number of benzene rings is 3. The molecule has 0 bridgehead atoms. The van der Waals surface area contributed by atoms with Crippen LogP contribution in [0.2, 0.25) is 0 Å². The van der Waals surface area contributed by atoms with Crippen molar-refractivity contribution in [1.82, 2.24) is 4.90 Å². The zero-order valence-electron chi connectivity index (χ0n) is 18.1. The summed E-state index contributed by atoms with van der Waals surface area (Å²) in [5, 5.41) is 10.8. The summed E-state index contributed by atoms with van der Waals surface area (Å²) >= 11 is 0. The van der Waals surface area contributed by atoms with Gasteiger partial charge in [0, 0.05) is 17.0 Å². The first-order chi connectivity index (χ1) is 15.6. The molecule has 1 unspecified atom stereocenters. The lowest BCUT2D eigenvalue weighted by Gasteiger charge is -2.33. The summed E-state index contributed by atoms with van der Waals surface area (Å²) in [6.45, 7) is 0.651. The van der Waals surface area contributed by atoms with Crippen molar-refractivity contribution < 1.29 is 24.1 Å². The highest BCUT2D eigenvalue weighted by atomic mass is 16.6. The average molecular weight is 431 g/mol. The van der Waals surface area contributed by atoms with Crippen LogP contribution < -0.4 is 9.47 Å². The molecule has 6 heteroatoms. The van der Waals surface area contributed by atoms with E-state index in [-0.39, 0.29) is 25.6 Å². The summed E-state index contributed by atoms with van der Waals surface area (Å²) < 4.78 is 16.6. The highest BCUT2D eigenvalue weighted by molar-refractivity contribution is 5.79. The maximum Gasteiger partial charge on any atom is 0.410 e. The number of carbonyl (C=O) groups excluding carboxylic acids is 1. The molecule has 32 heavy (non-hydrogen) atoms. The molecule has 1 aliphatic heterocycles. The number of ether oxygens (including phenoxy) is 3. The quantitative estimate of drug-likeness (QED) is 0.659. The van der Waals surface area contributed by atoms with E-state index < -0.39 is 12.2 Å². The number of aliphatic hydroxyl groups excluding tert-OH is 1. The van der Waals surface area contributed by atoms with E-state index in [1.54, 1.807) is 26.4 Å². The van der Waals surface area contributed by atoms with E-state index in [9.17, 15) is 9.90 Å². The predicted molar refractivity (Wildman–Crippen MR) is 120 cm³/mol. The van der Waals surface area contributed by atoms with Crippen LogP contribution in [0, 0.1) is 0 Å². The van der Waals surface area contributed by atoms with Gasteiger partial charge >= 0.3 is 6.09 Å². The number of aliphatic hydroxyl groups is 1. The first-order valence-electron chi connectivity index (χ1n) is 10.6. The van der Waals surface area contributed by atoms with Crippen LogP contribution in [0.25, 0.3) is 11.1 Å². The smallest absolute Gasteiger partial charge is 0.410 e. The maximum atomic E-state index is 13.0. The topological polar surface area (TPSA) is 68.2 Å². The Kier molecular flexibility index (Phi) is 5.23. The number of hydrogen-bond acceptors (Lipinski definition) is 5. The molecule has 3 aromatic carbocycles. The monoisotopic (exact) mass is 431 g/mol. The van der Waals surface area contributed by atoms with Crippen LogP contribution in [-0.4, -0.2) is 43.5 Å². The minimum Gasteiger partial charge on any atom is -0.496 e. The second kappa shape index (κ2) is 8.20. The van der Waals surface area contributed by atoms with Crippen molar-refractivity contribution in [3.05, 3.63) is 82.9 Å². The van der Waals surface area contributed by atoms with Crippen molar-refractivity contribution in [2.24, 2.45) is 0 Å². The molecule has 0 spiro atoms. The third-order valence-corrected chi connectivity index (χ3v) is 6.38. The molecule has 2 aliphatic rings. The summed E-state index contributed by atoms with van der Waals surface area (Å²) in [6.07, 6.45) is -1.34. The fourth-order valence-electron chi connectivity index (χ4n) is 4.90. The molecule has 5 rings (SSSR count). The summed E-state index contributed by atoms with van der Waals surface area (Å²) in [5.41, 5.74) is 6.09. The molecule has 1 heterocycles. The molecule has 164 valence electrons. The molecule has 0 fully saturated rings. The van der Waals surface area contributed by atoms with Crippen molar-refractivity contribution in [2.45, 2.75) is 18.6 Å². The molecule has 0 saturated carbocycles. The Labute approximate surface area is 187 Å². The molecule has 1 atom stereocenters. The number of fused-ring (bicyclic) bond motifs is 4. The molecule has 0 aromatic heterocycles. The van der Waals surface area contributed by atoms with Gasteiger partial charge in [-0.1, -0.05) is 48.5 Å². The van der Waals surface area contributed by atoms with Crippen molar-refractivity contribution >= 4 is 6.09 Å². The number of carbonyl (C=O) groups is 1. The van der Waals surface area contributed by atoms with Crippen LogP contribution in [0.5, 0.6) is 11.5 Å². The van der Waals surface area contributed by atoms with Gasteiger partial charge in [-0.05, 0) is 34.4 Å². The van der Waals surface area contributed by atoms with E-state index in [1.165, 1.54) is 16.0 Å². The summed E-state index contributed by atoms with van der Waals surface area (Å²) in [6, 6.07) is 20.0. The van der Waals surface area contributed by atoms with Crippen molar-refractivity contribution in [2.75, 3.05) is 27.4 Å². The first-order valence-corrected chi connectivity index (χ1v) is 10.6. The van der Waals surface area contributed by atoms with E-state index in [0.29, 0.717) is 17.1 Å². The molecule has 3 aromatic rings. The molecular formula is C26H25NO5. The van der Waals surface area contributed by atoms with E-state index >= 15 is 0 Å². The summed E-state index contributed by atoms with van der Waals surface area (Å²) in [4.78, 5) is 14.5. The van der Waals surface area contributed by atoms with Gasteiger partial charge in [-0.3, -0.25) is 0 Å². The van der Waals surface area contributed by atoms with Crippen LogP contribution in [0.4, 0.5) is 4.79 Å². The lowest BCUT2D eigenvalue weighted by Crippen LogP contribution is -2.39. The lowest BCUT2D eigenvalue weighted by molar-refractivity contribution is 0.0576. The normalized spacial score (nSPS) is 16.7. The number of hydrogen-bond donors (Lipinski definition) is 1. The molecule has 1 aliphatic carbocycles. The number of amides is 1. The Balaban J connectivity index is 1.36. The maximum absolute atomic E-state index is 13.0. The number of rotatable bonds is 4. The Hall–Kier alpha value is -3.51. The van der Waals surface area contributed by atoms with Crippen LogP contribution in [0.3, 0.4) is 0 Å². The highest BCUT2D eigenvalue weighted by Crippen LogP contribution is 2.45. The van der Waals surface area contributed by atoms with Crippen molar-refractivity contribution in [1.29, 1.82) is 0 Å². The minimum atomic E-state index is -0.885. The van der Waals surface area contributed by atoms with Gasteiger partial charge in [-0.25, -0.2) is 4.79 Å². The molecule has 6 nitrogen and oxygen atoms in total. The second-order valence-electron chi connectivity index (χ2n) is 8.06. The number of nitrogens with zero attached hydrogens (tertiary/aromatic N) is 1. The van der Waals surface area contributed by atoms with Crippen LogP contribution in [0.15, 0.2) is 60.7 Å². The second-order valence-corrected chi connectivity index (χ2v) is 8.06. The van der Waals surface area contributed by atoms with Gasteiger partial charge in [-0.2, -0.15) is 0 Å². The van der Waals surface area contributed by atoms with Gasteiger partial charge in [0.1, 0.15) is 24.2 Å². The van der Waals surface area contributed by atoms with E-state index in [1.807, 2.05) is 24.3 Å². The van der Waals surface area contributed by atoms with Crippen molar-refractivity contribution in [3.63, 3.8) is 0 Å². The standard InChI is InChI=1S/C26H25NO5/c1-30-23-11-12-24(31-2)25-20(23)13-27(14-22(25)28)26(29)32-15-21-18-9-5-3-7-16(18)17-8-4-6-10-19(17)21/h3-12,21-22,28H,13-15H2,1-2H3. The minimum absolute atomic E-state index is 0.0111. The average Bonchev–Trinajstić information content (AvgIpc) is 3.15. The van der Waals surface area contributed by atoms with Gasteiger partial charge in [-0.15, -0.1) is 0 Å². The van der Waals surface area contributed by atoms with Crippen molar-refractivity contribution in [3.8, 4) is 22.6 Å². The lowest BCUT2D eigenvalue weighted by atomic mass is 9.95. The van der Waals surface area contributed by atoms with Gasteiger partial charge in [0.25, 0.3) is 0 Å². The Morgan fingerprint density at radius 2 is 1.53 bits per heavy atom. The van der Waals surface area contributed by atoms with Crippen LogP contribution in [-0.2, 0) is 11.3 Å². The van der Waals surface area contributed by atoms with Gasteiger partial charge in [0.15, 0.2) is 0 Å². The van der Waals surface area contributed by atoms with Crippen LogP contribution >= 0.6 is 0 Å². The predicted octanol–water partition coefficient (Wildman–Crippen LogP) is 4.50. The zero-order chi connectivity index (χ0) is 22.2. The summed E-state index contributed by atoms with van der Waals surface area (Å²) in [5.74, 6) is 1.18. The van der Waals surface area contributed by atoms with Gasteiger partial charge in [0.05, 0.1) is 27.3 Å². The number of methoxy groups -OCH3 is 2. The fourth-order valence-corrected chi connectivity index (χ4v) is 4.90. The third kappa shape index (κ3) is 3.28. The number of β-amino-alcohol motifs (C(OH)–C–C–N with tert-alkyl or cyclic N) is 1. The molecular weight excluding hydrogens is 406 g/mol. The fraction of sp³-hybridized carbons (Fsp3) is 0.269. The molecule has 1 N–H and O–H groups in total. The van der Waals surface area contributed by atoms with Gasteiger partial charge in [0.2, 0.25) is 0 Å². The summed E-state index contributed by atoms with van der Waals surface area (Å²) in [7, 11) is 3.13. The van der Waals surface area contributed by atoms with E-state index in [4.69, 9.17) is 14.2 Å². The first kappa shape index (κ1) is 20.4. The third-order valence-electron chi connectivity index (χ3n) is 6.38. The van der Waals surface area contributed by atoms with Gasteiger partial charge < -0.3 is 24.2 Å². The van der Waals surface area contributed by atoms with E-state index in [0.717, 1.165) is 16.7 Å². The molecule has 1 amide bonds. The highest BCUT2D eigenvalue weighted by Gasteiger charge is 2.34. The zero-order valence-corrected chi connectivity index (χ0v) is 18.1. The van der Waals surface area contributed by atoms with E-state index in [2.05, 4.69) is 24.3 Å². The Morgan fingerprint density at radius 3 is 2.16 bits per heavy atom. The largest absolute Gasteiger partial charge is 0.496 e. The Bertz CT molecular complexity index is 1130.